The van der Waals surface area contributed by atoms with Gasteiger partial charge in [0.25, 0.3) is 0 Å². The lowest BCUT2D eigenvalue weighted by molar-refractivity contribution is 0.357. The third-order valence-corrected chi connectivity index (χ3v) is 3.01. The Kier molecular flexibility index (Phi) is 2.84. The van der Waals surface area contributed by atoms with Gasteiger partial charge in [-0.25, -0.2) is 0 Å². The molecule has 0 amide bonds. The molecule has 1 aromatic heterocycles. The first kappa shape index (κ1) is 11.0. The molecule has 0 atom stereocenters. The number of aromatic nitrogens is 2. The summed E-state index contributed by atoms with van der Waals surface area (Å²) in [5.41, 5.74) is 3.24. The lowest BCUT2D eigenvalue weighted by atomic mass is 10.1. The van der Waals surface area contributed by atoms with E-state index < -0.39 is 0 Å². The molecule has 92 valence electrons. The van der Waals surface area contributed by atoms with Crippen molar-refractivity contribution in [3.05, 3.63) is 35.9 Å². The second kappa shape index (κ2) is 4.64. The van der Waals surface area contributed by atoms with E-state index in [4.69, 9.17) is 4.74 Å². The predicted molar refractivity (Wildman–Crippen MR) is 70.8 cm³/mol. The van der Waals surface area contributed by atoms with Gasteiger partial charge >= 0.3 is 0 Å². The fraction of sp³-hybridized carbons (Fsp3) is 0.286. The van der Waals surface area contributed by atoms with E-state index in [1.807, 2.05) is 31.2 Å². The largest absolute Gasteiger partial charge is 0.493 e. The van der Waals surface area contributed by atoms with Crippen LogP contribution in [-0.2, 0) is 6.42 Å². The van der Waals surface area contributed by atoms with Crippen LogP contribution >= 0.6 is 0 Å². The van der Waals surface area contributed by atoms with Crippen LogP contribution in [0.4, 0.5) is 5.82 Å². The normalized spacial score (nSPS) is 12.9. The predicted octanol–water partition coefficient (Wildman–Crippen LogP) is 2.51. The molecule has 0 saturated carbocycles. The van der Waals surface area contributed by atoms with Crippen molar-refractivity contribution in [2.45, 2.75) is 13.3 Å². The number of benzene rings is 1. The maximum atomic E-state index is 5.49. The van der Waals surface area contributed by atoms with Crippen LogP contribution in [0.25, 0.3) is 11.3 Å². The van der Waals surface area contributed by atoms with Crippen LogP contribution < -0.4 is 10.1 Å². The molecule has 0 unspecified atom stereocenters. The number of hydrogen-bond donors (Lipinski definition) is 1. The minimum absolute atomic E-state index is 0.782. The van der Waals surface area contributed by atoms with Crippen molar-refractivity contribution in [3.8, 4) is 17.0 Å². The maximum Gasteiger partial charge on any atom is 0.148 e. The van der Waals surface area contributed by atoms with Gasteiger partial charge in [-0.15, -0.1) is 10.2 Å². The second-order valence-corrected chi connectivity index (χ2v) is 4.26. The van der Waals surface area contributed by atoms with E-state index in [9.17, 15) is 0 Å². The third-order valence-electron chi connectivity index (χ3n) is 3.01. The van der Waals surface area contributed by atoms with E-state index >= 15 is 0 Å². The Bertz CT molecular complexity index is 551. The molecular formula is C14H15N3O. The second-order valence-electron chi connectivity index (χ2n) is 4.26. The zero-order valence-corrected chi connectivity index (χ0v) is 10.3. The number of ether oxygens (including phenoxy) is 1. The fourth-order valence-electron chi connectivity index (χ4n) is 2.11. The molecule has 2 heterocycles. The highest BCUT2D eigenvalue weighted by Crippen LogP contribution is 2.29. The summed E-state index contributed by atoms with van der Waals surface area (Å²) >= 11 is 0. The zero-order valence-electron chi connectivity index (χ0n) is 10.3. The highest BCUT2D eigenvalue weighted by atomic mass is 16.5. The molecule has 1 aromatic carbocycles. The minimum atomic E-state index is 0.782. The van der Waals surface area contributed by atoms with E-state index in [0.29, 0.717) is 0 Å². The number of fused-ring (bicyclic) bond motifs is 1. The number of hydrogen-bond acceptors (Lipinski definition) is 4. The Balaban J connectivity index is 1.90. The van der Waals surface area contributed by atoms with E-state index in [-0.39, 0.29) is 0 Å². The first-order valence-electron chi connectivity index (χ1n) is 6.20. The smallest absolute Gasteiger partial charge is 0.148 e. The summed E-state index contributed by atoms with van der Waals surface area (Å²) < 4.78 is 5.49. The molecule has 18 heavy (non-hydrogen) atoms. The standard InChI is InChI=1S/C14H15N3O/c1-2-15-14-6-4-12(16-17-14)10-3-5-13-11(9-10)7-8-18-13/h3-6,9H,2,7-8H2,1H3,(H,15,17). The van der Waals surface area contributed by atoms with Gasteiger partial charge in [0.05, 0.1) is 12.3 Å². The number of rotatable bonds is 3. The number of anilines is 1. The number of nitrogens with zero attached hydrogens (tertiary/aromatic N) is 2. The Morgan fingerprint density at radius 2 is 2.17 bits per heavy atom. The Morgan fingerprint density at radius 1 is 1.22 bits per heavy atom. The molecule has 2 aromatic rings. The molecule has 0 saturated heterocycles. The zero-order chi connectivity index (χ0) is 12.4. The first-order valence-corrected chi connectivity index (χ1v) is 6.20. The van der Waals surface area contributed by atoms with Crippen molar-refractivity contribution in [3.63, 3.8) is 0 Å². The van der Waals surface area contributed by atoms with Gasteiger partial charge in [-0.3, -0.25) is 0 Å². The summed E-state index contributed by atoms with van der Waals surface area (Å²) in [4.78, 5) is 0. The summed E-state index contributed by atoms with van der Waals surface area (Å²) in [5.74, 6) is 1.81. The molecule has 0 aliphatic carbocycles. The van der Waals surface area contributed by atoms with Crippen molar-refractivity contribution in [2.75, 3.05) is 18.5 Å². The van der Waals surface area contributed by atoms with Gasteiger partial charge in [-0.1, -0.05) is 0 Å². The van der Waals surface area contributed by atoms with Gasteiger partial charge in [0.15, 0.2) is 0 Å². The van der Waals surface area contributed by atoms with Crippen LogP contribution in [-0.4, -0.2) is 23.3 Å². The summed E-state index contributed by atoms with van der Waals surface area (Å²) in [6, 6.07) is 10.1. The topological polar surface area (TPSA) is 47.0 Å². The van der Waals surface area contributed by atoms with Crippen LogP contribution in [0.2, 0.25) is 0 Å². The Labute approximate surface area is 106 Å². The molecule has 4 heteroatoms. The Hall–Kier alpha value is -2.10. The van der Waals surface area contributed by atoms with E-state index in [0.717, 1.165) is 42.4 Å². The van der Waals surface area contributed by atoms with Gasteiger partial charge in [0, 0.05) is 18.5 Å². The molecule has 0 fully saturated rings. The van der Waals surface area contributed by atoms with Crippen LogP contribution in [0.3, 0.4) is 0 Å². The summed E-state index contributed by atoms with van der Waals surface area (Å²) in [6.07, 6.45) is 0.978. The number of nitrogens with one attached hydrogen (secondary N) is 1. The van der Waals surface area contributed by atoms with Gasteiger partial charge in [-0.05, 0) is 42.8 Å². The van der Waals surface area contributed by atoms with Gasteiger partial charge < -0.3 is 10.1 Å². The lowest BCUT2D eigenvalue weighted by Gasteiger charge is -2.05. The molecule has 3 rings (SSSR count). The van der Waals surface area contributed by atoms with Crippen LogP contribution in [0.15, 0.2) is 30.3 Å². The lowest BCUT2D eigenvalue weighted by Crippen LogP contribution is -2.00. The molecule has 0 radical (unpaired) electrons. The van der Waals surface area contributed by atoms with Crippen LogP contribution in [0.1, 0.15) is 12.5 Å². The SMILES string of the molecule is CCNc1ccc(-c2ccc3c(c2)CCO3)nn1. The maximum absolute atomic E-state index is 5.49. The average Bonchev–Trinajstić information content (AvgIpc) is 2.87. The van der Waals surface area contributed by atoms with Gasteiger partial charge in [0.2, 0.25) is 0 Å². The quantitative estimate of drug-likeness (QED) is 0.897. The van der Waals surface area contributed by atoms with E-state index in [2.05, 4.69) is 21.6 Å². The molecule has 4 nitrogen and oxygen atoms in total. The van der Waals surface area contributed by atoms with Crippen molar-refractivity contribution < 1.29 is 4.74 Å². The fourth-order valence-corrected chi connectivity index (χ4v) is 2.11. The molecule has 0 spiro atoms. The van der Waals surface area contributed by atoms with Gasteiger partial charge in [0.1, 0.15) is 11.6 Å². The van der Waals surface area contributed by atoms with Crippen molar-refractivity contribution in [1.29, 1.82) is 0 Å². The first-order chi connectivity index (χ1) is 8.86. The summed E-state index contributed by atoms with van der Waals surface area (Å²) in [7, 11) is 0. The molecule has 1 N–H and O–H groups in total. The molecular weight excluding hydrogens is 226 g/mol. The highest BCUT2D eigenvalue weighted by molar-refractivity contribution is 5.63. The van der Waals surface area contributed by atoms with Crippen LogP contribution in [0.5, 0.6) is 5.75 Å². The molecule has 0 bridgehead atoms. The minimum Gasteiger partial charge on any atom is -0.493 e. The highest BCUT2D eigenvalue weighted by Gasteiger charge is 2.13. The monoisotopic (exact) mass is 241 g/mol. The molecule has 1 aliphatic heterocycles. The summed E-state index contributed by atoms with van der Waals surface area (Å²) in [5, 5.41) is 11.5. The van der Waals surface area contributed by atoms with Gasteiger partial charge in [-0.2, -0.15) is 0 Å². The van der Waals surface area contributed by atoms with Crippen molar-refractivity contribution in [2.24, 2.45) is 0 Å². The summed E-state index contributed by atoms with van der Waals surface area (Å²) in [6.45, 7) is 3.67. The van der Waals surface area contributed by atoms with Crippen LogP contribution in [0, 0.1) is 0 Å². The van der Waals surface area contributed by atoms with E-state index in [1.165, 1.54) is 5.56 Å². The third kappa shape index (κ3) is 2.01. The van der Waals surface area contributed by atoms with Crippen molar-refractivity contribution >= 4 is 5.82 Å². The molecule has 1 aliphatic rings. The van der Waals surface area contributed by atoms with Crippen molar-refractivity contribution in [1.82, 2.24) is 10.2 Å². The Morgan fingerprint density at radius 3 is 2.94 bits per heavy atom. The average molecular weight is 241 g/mol. The van der Waals surface area contributed by atoms with E-state index in [1.54, 1.807) is 0 Å².